The molecule has 0 saturated carbocycles. The van der Waals surface area contributed by atoms with Crippen molar-refractivity contribution in [2.24, 2.45) is 0 Å². The maximum Gasteiger partial charge on any atom is 0.243 e. The predicted octanol–water partition coefficient (Wildman–Crippen LogP) is 2.30. The first-order chi connectivity index (χ1) is 14.2. The Morgan fingerprint density at radius 2 is 1.67 bits per heavy atom. The summed E-state index contributed by atoms with van der Waals surface area (Å²) in [7, 11) is 1.85. The summed E-state index contributed by atoms with van der Waals surface area (Å²) in [5.41, 5.74) is 2.03. The Morgan fingerprint density at radius 1 is 1.03 bits per heavy atom. The summed E-state index contributed by atoms with van der Waals surface area (Å²) in [6.07, 6.45) is 0. The van der Waals surface area contributed by atoms with Gasteiger partial charge in [0.15, 0.2) is 0 Å². The van der Waals surface area contributed by atoms with Gasteiger partial charge in [-0.2, -0.15) is 0 Å². The highest BCUT2D eigenvalue weighted by Gasteiger charge is 2.27. The number of piperazine rings is 1. The molecule has 0 spiro atoms. The smallest absolute Gasteiger partial charge is 0.243 e. The van der Waals surface area contributed by atoms with E-state index in [1.165, 1.54) is 0 Å². The number of rotatable bonds is 7. The minimum atomic E-state index is -4.12. The first-order valence-electron chi connectivity index (χ1n) is 9.82. The SMILES string of the molecule is CN1CCN([C@H](CNS(=O)(=O)c2ccc(F)cc2F)c2ccc(N(C)C)cc2)CC1. The zero-order valence-electron chi connectivity index (χ0n) is 17.5. The van der Waals surface area contributed by atoms with Crippen LogP contribution in [0.25, 0.3) is 0 Å². The fourth-order valence-corrected chi connectivity index (χ4v) is 4.64. The van der Waals surface area contributed by atoms with Gasteiger partial charge in [0.25, 0.3) is 0 Å². The lowest BCUT2D eigenvalue weighted by Crippen LogP contribution is -2.48. The number of nitrogens with zero attached hydrogens (tertiary/aromatic N) is 3. The molecule has 1 saturated heterocycles. The largest absolute Gasteiger partial charge is 0.378 e. The third-order valence-electron chi connectivity index (χ3n) is 5.42. The second-order valence-corrected chi connectivity index (χ2v) is 9.50. The molecule has 0 aliphatic carbocycles. The number of likely N-dealkylation sites (N-methyl/N-ethyl adjacent to an activating group) is 1. The van der Waals surface area contributed by atoms with Gasteiger partial charge in [-0.3, -0.25) is 4.90 Å². The van der Waals surface area contributed by atoms with E-state index < -0.39 is 26.6 Å². The second-order valence-electron chi connectivity index (χ2n) is 7.77. The zero-order valence-corrected chi connectivity index (χ0v) is 18.3. The molecule has 1 aliphatic heterocycles. The third kappa shape index (κ3) is 5.34. The topological polar surface area (TPSA) is 55.9 Å². The van der Waals surface area contributed by atoms with E-state index >= 15 is 0 Å². The summed E-state index contributed by atoms with van der Waals surface area (Å²) in [4.78, 5) is 5.90. The van der Waals surface area contributed by atoms with Crippen molar-refractivity contribution in [1.82, 2.24) is 14.5 Å². The van der Waals surface area contributed by atoms with Crippen LogP contribution >= 0.6 is 0 Å². The van der Waals surface area contributed by atoms with Gasteiger partial charge in [0.05, 0.1) is 0 Å². The lowest BCUT2D eigenvalue weighted by atomic mass is 10.0. The monoisotopic (exact) mass is 438 g/mol. The molecule has 1 aliphatic rings. The molecular formula is C21H28F2N4O2S. The Bertz CT molecular complexity index is 959. The van der Waals surface area contributed by atoms with Gasteiger partial charge in [0.2, 0.25) is 10.0 Å². The highest BCUT2D eigenvalue weighted by atomic mass is 32.2. The van der Waals surface area contributed by atoms with Crippen LogP contribution in [0, 0.1) is 11.6 Å². The molecule has 1 heterocycles. The van der Waals surface area contributed by atoms with E-state index in [1.54, 1.807) is 0 Å². The Hall–Kier alpha value is -2.07. The van der Waals surface area contributed by atoms with Crippen molar-refractivity contribution in [2.45, 2.75) is 10.9 Å². The van der Waals surface area contributed by atoms with Gasteiger partial charge in [-0.1, -0.05) is 12.1 Å². The fraction of sp³-hybridized carbons (Fsp3) is 0.429. The highest BCUT2D eigenvalue weighted by Crippen LogP contribution is 2.25. The Kier molecular flexibility index (Phi) is 7.07. The van der Waals surface area contributed by atoms with Crippen molar-refractivity contribution in [3.63, 3.8) is 0 Å². The van der Waals surface area contributed by atoms with Crippen molar-refractivity contribution >= 4 is 15.7 Å². The van der Waals surface area contributed by atoms with Crippen molar-refractivity contribution in [3.05, 3.63) is 59.7 Å². The second kappa shape index (κ2) is 9.38. The van der Waals surface area contributed by atoms with Crippen LogP contribution < -0.4 is 9.62 Å². The minimum Gasteiger partial charge on any atom is -0.378 e. The van der Waals surface area contributed by atoms with Crippen LogP contribution in [0.15, 0.2) is 47.4 Å². The minimum absolute atomic E-state index is 0.0875. The van der Waals surface area contributed by atoms with Crippen LogP contribution in [-0.2, 0) is 10.0 Å². The van der Waals surface area contributed by atoms with Crippen LogP contribution in [-0.4, -0.2) is 72.1 Å². The molecule has 0 amide bonds. The average Bonchev–Trinajstić information content (AvgIpc) is 2.69. The summed E-state index contributed by atoms with van der Waals surface area (Å²) in [6.45, 7) is 3.44. The third-order valence-corrected chi connectivity index (χ3v) is 6.88. The number of benzene rings is 2. The Balaban J connectivity index is 1.83. The van der Waals surface area contributed by atoms with Gasteiger partial charge in [-0.25, -0.2) is 21.9 Å². The molecule has 0 radical (unpaired) electrons. The van der Waals surface area contributed by atoms with Gasteiger partial charge in [0, 0.05) is 64.6 Å². The quantitative estimate of drug-likeness (QED) is 0.719. The highest BCUT2D eigenvalue weighted by molar-refractivity contribution is 7.89. The molecule has 1 atom stereocenters. The van der Waals surface area contributed by atoms with Gasteiger partial charge in [0.1, 0.15) is 16.5 Å². The summed E-state index contributed by atoms with van der Waals surface area (Å²) in [5.74, 6) is -1.92. The van der Waals surface area contributed by atoms with Crippen molar-refractivity contribution in [2.75, 3.05) is 58.8 Å². The molecule has 0 bridgehead atoms. The molecule has 9 heteroatoms. The maximum atomic E-state index is 14.0. The standard InChI is InChI=1S/C21H28F2N4O2S/c1-25(2)18-7-4-16(5-8-18)20(27-12-10-26(3)11-13-27)15-24-30(28,29)21-9-6-17(22)14-19(21)23/h4-9,14,20,24H,10-13,15H2,1-3H3/t20-/m1/s1. The van der Waals surface area contributed by atoms with E-state index in [4.69, 9.17) is 0 Å². The first kappa shape index (κ1) is 22.6. The van der Waals surface area contributed by atoms with Gasteiger partial charge >= 0.3 is 0 Å². The van der Waals surface area contributed by atoms with Crippen LogP contribution in [0.3, 0.4) is 0 Å². The average molecular weight is 439 g/mol. The maximum absolute atomic E-state index is 14.0. The van der Waals surface area contributed by atoms with E-state index in [0.29, 0.717) is 6.07 Å². The molecule has 2 aromatic carbocycles. The molecule has 0 unspecified atom stereocenters. The fourth-order valence-electron chi connectivity index (χ4n) is 3.55. The zero-order chi connectivity index (χ0) is 21.9. The van der Waals surface area contributed by atoms with Gasteiger partial charge < -0.3 is 9.80 Å². The van der Waals surface area contributed by atoms with E-state index in [0.717, 1.165) is 49.6 Å². The Labute approximate surface area is 177 Å². The number of hydrogen-bond donors (Lipinski definition) is 1. The van der Waals surface area contributed by atoms with Crippen molar-refractivity contribution in [1.29, 1.82) is 0 Å². The number of nitrogens with one attached hydrogen (secondary N) is 1. The molecule has 2 aromatic rings. The lowest BCUT2D eigenvalue weighted by molar-refractivity contribution is 0.113. The van der Waals surface area contributed by atoms with E-state index in [9.17, 15) is 17.2 Å². The van der Waals surface area contributed by atoms with Crippen LogP contribution in [0.1, 0.15) is 11.6 Å². The van der Waals surface area contributed by atoms with Crippen LogP contribution in [0.5, 0.6) is 0 Å². The first-order valence-corrected chi connectivity index (χ1v) is 11.3. The predicted molar refractivity (Wildman–Crippen MR) is 114 cm³/mol. The molecule has 3 rings (SSSR count). The molecule has 1 fully saturated rings. The van der Waals surface area contributed by atoms with Crippen LogP contribution in [0.2, 0.25) is 0 Å². The normalized spacial score (nSPS) is 17.1. The van der Waals surface area contributed by atoms with Crippen LogP contribution in [0.4, 0.5) is 14.5 Å². The van der Waals surface area contributed by atoms with Gasteiger partial charge in [-0.05, 0) is 36.9 Å². The van der Waals surface area contributed by atoms with E-state index in [-0.39, 0.29) is 12.6 Å². The van der Waals surface area contributed by atoms with Gasteiger partial charge in [-0.15, -0.1) is 0 Å². The molecule has 6 nitrogen and oxygen atoms in total. The summed E-state index contributed by atoms with van der Waals surface area (Å²) >= 11 is 0. The summed E-state index contributed by atoms with van der Waals surface area (Å²) in [5, 5.41) is 0. The number of anilines is 1. The summed E-state index contributed by atoms with van der Waals surface area (Å²) < 4.78 is 55.1. The van der Waals surface area contributed by atoms with E-state index in [2.05, 4.69) is 21.6 Å². The van der Waals surface area contributed by atoms with Crippen molar-refractivity contribution in [3.8, 4) is 0 Å². The number of hydrogen-bond acceptors (Lipinski definition) is 5. The molecule has 0 aromatic heterocycles. The number of halogens is 2. The molecule has 164 valence electrons. The number of sulfonamides is 1. The summed E-state index contributed by atoms with van der Waals surface area (Å²) in [6, 6.07) is 10.2. The molecular weight excluding hydrogens is 410 g/mol. The molecule has 1 N–H and O–H groups in total. The van der Waals surface area contributed by atoms with E-state index in [1.807, 2.05) is 43.3 Å². The lowest BCUT2D eigenvalue weighted by Gasteiger charge is -2.38. The molecule has 30 heavy (non-hydrogen) atoms. The Morgan fingerprint density at radius 3 is 2.23 bits per heavy atom. The van der Waals surface area contributed by atoms with Crippen molar-refractivity contribution < 1.29 is 17.2 Å².